The van der Waals surface area contributed by atoms with Crippen molar-refractivity contribution in [3.63, 3.8) is 0 Å². The molecule has 2 aromatic rings. The Bertz CT molecular complexity index is 1030. The van der Waals surface area contributed by atoms with Crippen LogP contribution in [0.15, 0.2) is 52.3 Å². The smallest absolute Gasteiger partial charge is 0.257 e. The molecule has 0 fully saturated rings. The van der Waals surface area contributed by atoms with Crippen LogP contribution in [0.5, 0.6) is 0 Å². The third-order valence-electron chi connectivity index (χ3n) is 3.16. The number of rotatable bonds is 5. The van der Waals surface area contributed by atoms with Crippen molar-refractivity contribution in [1.29, 1.82) is 0 Å². The summed E-state index contributed by atoms with van der Waals surface area (Å²) in [5, 5.41) is 5.46. The largest absolute Gasteiger partial charge is 0.278 e. The molecule has 0 heterocycles. The molecule has 2 rings (SSSR count). The molecule has 10 heteroatoms. The van der Waals surface area contributed by atoms with Gasteiger partial charge in [0.05, 0.1) is 10.6 Å². The molecular weight excluding hydrogens is 391 g/mol. The average Bonchev–Trinajstić information content (AvgIpc) is 2.47. The SMILES string of the molecule is CC(=Cc1ccc(Cl)cc1)S(=O)(=O)Nc1cccc(F)c1S(N)(=O)=O. The van der Waals surface area contributed by atoms with Gasteiger partial charge in [0, 0.05) is 5.02 Å². The lowest BCUT2D eigenvalue weighted by Gasteiger charge is -2.12. The fourth-order valence-electron chi connectivity index (χ4n) is 1.97. The van der Waals surface area contributed by atoms with Crippen LogP contribution >= 0.6 is 11.6 Å². The van der Waals surface area contributed by atoms with Crippen molar-refractivity contribution in [3.05, 3.63) is 63.8 Å². The van der Waals surface area contributed by atoms with Crippen molar-refractivity contribution in [2.24, 2.45) is 5.14 Å². The van der Waals surface area contributed by atoms with E-state index < -0.39 is 36.4 Å². The molecule has 3 N–H and O–H groups in total. The number of benzene rings is 2. The van der Waals surface area contributed by atoms with Crippen LogP contribution < -0.4 is 9.86 Å². The highest BCUT2D eigenvalue weighted by Gasteiger charge is 2.23. The Morgan fingerprint density at radius 2 is 1.72 bits per heavy atom. The Labute approximate surface area is 150 Å². The zero-order chi connectivity index (χ0) is 18.8. The van der Waals surface area contributed by atoms with E-state index in [-0.39, 0.29) is 4.91 Å². The number of nitrogens with two attached hydrogens (primary N) is 1. The molecule has 0 atom stereocenters. The van der Waals surface area contributed by atoms with Gasteiger partial charge in [0.1, 0.15) is 10.7 Å². The normalized spacial score (nSPS) is 12.9. The topological polar surface area (TPSA) is 106 Å². The highest BCUT2D eigenvalue weighted by Crippen LogP contribution is 2.26. The van der Waals surface area contributed by atoms with E-state index in [1.165, 1.54) is 19.1 Å². The van der Waals surface area contributed by atoms with Crippen LogP contribution in [0.3, 0.4) is 0 Å². The minimum atomic E-state index is -4.46. The summed E-state index contributed by atoms with van der Waals surface area (Å²) in [5.41, 5.74) is 0.101. The van der Waals surface area contributed by atoms with E-state index in [9.17, 15) is 21.2 Å². The van der Waals surface area contributed by atoms with Crippen LogP contribution in [0, 0.1) is 5.82 Å². The van der Waals surface area contributed by atoms with E-state index in [0.717, 1.165) is 12.1 Å². The molecule has 0 aliphatic rings. The number of sulfonamides is 2. The van der Waals surface area contributed by atoms with E-state index in [1.54, 1.807) is 24.3 Å². The molecule has 0 amide bonds. The second kappa shape index (κ2) is 7.12. The first-order valence-electron chi connectivity index (χ1n) is 6.79. The lowest BCUT2D eigenvalue weighted by Crippen LogP contribution is -2.20. The van der Waals surface area contributed by atoms with E-state index in [4.69, 9.17) is 16.7 Å². The van der Waals surface area contributed by atoms with Crippen molar-refractivity contribution in [2.45, 2.75) is 11.8 Å². The Balaban J connectivity index is 2.43. The van der Waals surface area contributed by atoms with Crippen molar-refractivity contribution in [3.8, 4) is 0 Å². The van der Waals surface area contributed by atoms with Crippen LogP contribution in [-0.4, -0.2) is 16.8 Å². The standard InChI is InChI=1S/C15H14ClFN2O4S2/c1-10(9-11-5-7-12(16)8-6-11)25(22,23)19-14-4-2-3-13(17)15(14)24(18,20)21/h2-9,19H,1H3,(H2,18,20,21). The van der Waals surface area contributed by atoms with Crippen LogP contribution in [0.1, 0.15) is 12.5 Å². The summed E-state index contributed by atoms with van der Waals surface area (Å²) in [6.07, 6.45) is 1.36. The molecule has 0 saturated heterocycles. The first-order valence-corrected chi connectivity index (χ1v) is 10.2. The van der Waals surface area contributed by atoms with Gasteiger partial charge in [0.2, 0.25) is 10.0 Å². The second-order valence-electron chi connectivity index (χ2n) is 5.07. The third-order valence-corrected chi connectivity index (χ3v) is 5.85. The van der Waals surface area contributed by atoms with Gasteiger partial charge in [0.25, 0.3) is 10.0 Å². The molecule has 25 heavy (non-hydrogen) atoms. The van der Waals surface area contributed by atoms with Crippen LogP contribution in [-0.2, 0) is 20.0 Å². The second-order valence-corrected chi connectivity index (χ2v) is 8.86. The molecular formula is C15H14ClFN2O4S2. The number of anilines is 1. The first kappa shape index (κ1) is 19.4. The molecule has 0 unspecified atom stereocenters. The third kappa shape index (κ3) is 4.79. The number of allylic oxidation sites excluding steroid dienone is 1. The van der Waals surface area contributed by atoms with Crippen molar-refractivity contribution in [2.75, 3.05) is 4.72 Å². The van der Waals surface area contributed by atoms with Gasteiger partial charge in [-0.05, 0) is 42.8 Å². The average molecular weight is 405 g/mol. The Morgan fingerprint density at radius 1 is 1.12 bits per heavy atom. The lowest BCUT2D eigenvalue weighted by molar-refractivity contribution is 0.569. The molecule has 0 aliphatic carbocycles. The summed E-state index contributed by atoms with van der Waals surface area (Å²) >= 11 is 5.76. The highest BCUT2D eigenvalue weighted by atomic mass is 35.5. The predicted octanol–water partition coefficient (Wildman–Crippen LogP) is 2.93. The molecule has 0 radical (unpaired) electrons. The molecule has 0 spiro atoms. The number of halogens is 2. The molecule has 0 aliphatic heterocycles. The Morgan fingerprint density at radius 3 is 2.28 bits per heavy atom. The van der Waals surface area contributed by atoms with Gasteiger partial charge < -0.3 is 0 Å². The highest BCUT2D eigenvalue weighted by molar-refractivity contribution is 7.96. The van der Waals surface area contributed by atoms with Gasteiger partial charge in [-0.15, -0.1) is 0 Å². The zero-order valence-corrected chi connectivity index (χ0v) is 15.3. The van der Waals surface area contributed by atoms with Crippen LogP contribution in [0.4, 0.5) is 10.1 Å². The number of primary sulfonamides is 1. The predicted molar refractivity (Wildman–Crippen MR) is 95.4 cm³/mol. The molecule has 0 saturated carbocycles. The monoisotopic (exact) mass is 404 g/mol. The molecule has 2 aromatic carbocycles. The summed E-state index contributed by atoms with van der Waals surface area (Å²) < 4.78 is 63.7. The summed E-state index contributed by atoms with van der Waals surface area (Å²) in [6, 6.07) is 9.54. The Hall–Kier alpha value is -1.94. The van der Waals surface area contributed by atoms with Crippen molar-refractivity contribution >= 4 is 43.4 Å². The van der Waals surface area contributed by atoms with Gasteiger partial charge in [-0.2, -0.15) is 0 Å². The van der Waals surface area contributed by atoms with Crippen LogP contribution in [0.2, 0.25) is 5.02 Å². The fraction of sp³-hybridized carbons (Fsp3) is 0.0667. The van der Waals surface area contributed by atoms with E-state index in [1.807, 2.05) is 4.72 Å². The maximum Gasteiger partial charge on any atom is 0.257 e. The number of hydrogen-bond donors (Lipinski definition) is 2. The Kier molecular flexibility index (Phi) is 5.52. The number of hydrogen-bond acceptors (Lipinski definition) is 4. The van der Waals surface area contributed by atoms with Gasteiger partial charge in [-0.1, -0.05) is 29.8 Å². The summed E-state index contributed by atoms with van der Waals surface area (Å²) in [5.74, 6) is -1.15. The summed E-state index contributed by atoms with van der Waals surface area (Å²) in [4.78, 5) is -1.03. The molecule has 134 valence electrons. The van der Waals surface area contributed by atoms with Gasteiger partial charge in [-0.25, -0.2) is 26.4 Å². The maximum atomic E-state index is 13.8. The minimum absolute atomic E-state index is 0.112. The molecule has 6 nitrogen and oxygen atoms in total. The van der Waals surface area contributed by atoms with E-state index in [0.29, 0.717) is 10.6 Å². The first-order chi connectivity index (χ1) is 11.5. The molecule has 0 aromatic heterocycles. The van der Waals surface area contributed by atoms with Gasteiger partial charge in [0.15, 0.2) is 0 Å². The van der Waals surface area contributed by atoms with Gasteiger partial charge in [-0.3, -0.25) is 4.72 Å². The fourth-order valence-corrected chi connectivity index (χ4v) is 3.84. The summed E-state index contributed by atoms with van der Waals surface area (Å²) in [7, 11) is -8.59. The van der Waals surface area contributed by atoms with Crippen molar-refractivity contribution < 1.29 is 21.2 Å². The molecule has 0 bridgehead atoms. The zero-order valence-electron chi connectivity index (χ0n) is 12.9. The summed E-state index contributed by atoms with van der Waals surface area (Å²) in [6.45, 7) is 1.31. The van der Waals surface area contributed by atoms with E-state index in [2.05, 4.69) is 0 Å². The van der Waals surface area contributed by atoms with Crippen LogP contribution in [0.25, 0.3) is 6.08 Å². The maximum absolute atomic E-state index is 13.8. The van der Waals surface area contributed by atoms with Crippen molar-refractivity contribution in [1.82, 2.24) is 0 Å². The quantitative estimate of drug-likeness (QED) is 0.798. The lowest BCUT2D eigenvalue weighted by atomic mass is 10.2. The van der Waals surface area contributed by atoms with E-state index >= 15 is 0 Å². The van der Waals surface area contributed by atoms with Gasteiger partial charge >= 0.3 is 0 Å². The minimum Gasteiger partial charge on any atom is -0.278 e. The number of nitrogens with one attached hydrogen (secondary N) is 1.